The second-order valence-electron chi connectivity index (χ2n) is 7.19. The zero-order valence-corrected chi connectivity index (χ0v) is 15.6. The molecule has 0 N–H and O–H groups in total. The Hall–Kier alpha value is -2.22. The lowest BCUT2D eigenvalue weighted by atomic mass is 10.1. The zero-order valence-electron chi connectivity index (χ0n) is 15.6. The third-order valence-electron chi connectivity index (χ3n) is 5.60. The molecule has 1 saturated heterocycles. The molecule has 1 saturated carbocycles. The van der Waals surface area contributed by atoms with Crippen molar-refractivity contribution in [2.75, 3.05) is 26.8 Å². The lowest BCUT2D eigenvalue weighted by Gasteiger charge is -2.32. The van der Waals surface area contributed by atoms with E-state index in [1.165, 1.54) is 22.6 Å². The van der Waals surface area contributed by atoms with Crippen LogP contribution in [0.4, 0.5) is 10.7 Å². The largest absolute Gasteiger partial charge is 0.402 e. The summed E-state index contributed by atoms with van der Waals surface area (Å²) in [6.45, 7) is 5.13. The van der Waals surface area contributed by atoms with Crippen molar-refractivity contribution in [3.63, 3.8) is 0 Å². The van der Waals surface area contributed by atoms with Gasteiger partial charge >= 0.3 is 12.0 Å². The molecule has 8 heteroatoms. The first kappa shape index (κ1) is 17.2. The number of hydrogen-bond acceptors (Lipinski definition) is 4. The number of amidine groups is 1. The average molecular weight is 360 g/mol. The number of aromatic nitrogens is 2. The van der Waals surface area contributed by atoms with Gasteiger partial charge in [-0.15, -0.1) is 0 Å². The van der Waals surface area contributed by atoms with Crippen LogP contribution in [0.15, 0.2) is 11.2 Å². The predicted molar refractivity (Wildman–Crippen MR) is 94.4 cm³/mol. The molecular formula is C18H26N5O3+. The second-order valence-corrected chi connectivity index (χ2v) is 7.19. The average Bonchev–Trinajstić information content (AvgIpc) is 3.31. The van der Waals surface area contributed by atoms with Gasteiger partial charge in [-0.3, -0.25) is 14.6 Å². The van der Waals surface area contributed by atoms with Crippen molar-refractivity contribution < 1.29 is 18.9 Å². The Bertz CT molecular complexity index is 778. The van der Waals surface area contributed by atoms with Gasteiger partial charge in [-0.05, 0) is 39.5 Å². The Kier molecular flexibility index (Phi) is 4.30. The van der Waals surface area contributed by atoms with Gasteiger partial charge in [-0.2, -0.15) is 0 Å². The first-order chi connectivity index (χ1) is 12.5. The van der Waals surface area contributed by atoms with E-state index >= 15 is 0 Å². The van der Waals surface area contributed by atoms with Crippen LogP contribution in [0.25, 0.3) is 0 Å². The molecule has 1 aliphatic carbocycles. The minimum atomic E-state index is -0.560. The van der Waals surface area contributed by atoms with Gasteiger partial charge in [0.25, 0.3) is 5.91 Å². The van der Waals surface area contributed by atoms with Crippen molar-refractivity contribution in [3.8, 4) is 0 Å². The Morgan fingerprint density at radius 3 is 2.73 bits per heavy atom. The highest BCUT2D eigenvalue weighted by molar-refractivity contribution is 6.19. The SMILES string of the molecule is CCOCCN1C(=O)C2C(=Nc3n(C4CCCC4)c(C)c[n+]32)N(C)C1=O. The number of likely N-dealkylation sites (N-methyl/N-ethyl adjacent to an activating group) is 1. The smallest absolute Gasteiger partial charge is 0.380 e. The summed E-state index contributed by atoms with van der Waals surface area (Å²) < 4.78 is 9.51. The molecular weight excluding hydrogens is 334 g/mol. The summed E-state index contributed by atoms with van der Waals surface area (Å²) in [5, 5.41) is 0. The number of carbonyl (C=O) groups is 2. The van der Waals surface area contributed by atoms with Crippen LogP contribution in [0.3, 0.4) is 0 Å². The Balaban J connectivity index is 1.69. The van der Waals surface area contributed by atoms with Crippen molar-refractivity contribution >= 4 is 23.7 Å². The van der Waals surface area contributed by atoms with Crippen LogP contribution < -0.4 is 4.57 Å². The van der Waals surface area contributed by atoms with E-state index in [4.69, 9.17) is 9.73 Å². The zero-order chi connectivity index (χ0) is 18.4. The monoisotopic (exact) mass is 360 g/mol. The summed E-state index contributed by atoms with van der Waals surface area (Å²) in [4.78, 5) is 33.2. The molecule has 4 rings (SSSR count). The fourth-order valence-corrected chi connectivity index (χ4v) is 4.32. The van der Waals surface area contributed by atoms with E-state index < -0.39 is 6.04 Å². The highest BCUT2D eigenvalue weighted by atomic mass is 16.5. The van der Waals surface area contributed by atoms with Gasteiger partial charge in [0.1, 0.15) is 11.9 Å². The predicted octanol–water partition coefficient (Wildman–Crippen LogP) is 1.71. The molecule has 8 nitrogen and oxygen atoms in total. The van der Waals surface area contributed by atoms with Gasteiger partial charge in [0.15, 0.2) is 0 Å². The quantitative estimate of drug-likeness (QED) is 0.593. The maximum atomic E-state index is 13.1. The number of fused-ring (bicyclic) bond motifs is 3. The van der Waals surface area contributed by atoms with E-state index in [1.807, 2.05) is 17.7 Å². The lowest BCUT2D eigenvalue weighted by Crippen LogP contribution is -2.63. The Morgan fingerprint density at radius 1 is 1.31 bits per heavy atom. The summed E-state index contributed by atoms with van der Waals surface area (Å²) in [6, 6.07) is -0.462. The number of carbonyl (C=O) groups excluding carboxylic acids is 2. The molecule has 1 atom stereocenters. The molecule has 1 aromatic rings. The van der Waals surface area contributed by atoms with Gasteiger partial charge < -0.3 is 4.74 Å². The maximum Gasteiger partial charge on any atom is 0.402 e. The maximum absolute atomic E-state index is 13.1. The first-order valence-corrected chi connectivity index (χ1v) is 9.43. The summed E-state index contributed by atoms with van der Waals surface area (Å²) in [5.74, 6) is 1.09. The molecule has 3 aliphatic rings. The summed E-state index contributed by atoms with van der Waals surface area (Å²) in [5.41, 5.74) is 1.11. The van der Waals surface area contributed by atoms with Crippen LogP contribution in [-0.4, -0.2) is 58.9 Å². The molecule has 2 aliphatic heterocycles. The van der Waals surface area contributed by atoms with Gasteiger partial charge in [-0.1, -0.05) is 4.99 Å². The fourth-order valence-electron chi connectivity index (χ4n) is 4.32. The highest BCUT2D eigenvalue weighted by Crippen LogP contribution is 2.36. The van der Waals surface area contributed by atoms with Gasteiger partial charge in [0, 0.05) is 13.7 Å². The molecule has 140 valence electrons. The first-order valence-electron chi connectivity index (χ1n) is 9.43. The summed E-state index contributed by atoms with van der Waals surface area (Å²) in [6.07, 6.45) is 6.73. The highest BCUT2D eigenvalue weighted by Gasteiger charge is 2.53. The van der Waals surface area contributed by atoms with Crippen LogP contribution in [-0.2, 0) is 9.53 Å². The normalized spacial score (nSPS) is 22.9. The van der Waals surface area contributed by atoms with E-state index in [9.17, 15) is 9.59 Å². The van der Waals surface area contributed by atoms with Crippen molar-refractivity contribution in [3.05, 3.63) is 11.9 Å². The topological polar surface area (TPSA) is 71.0 Å². The lowest BCUT2D eigenvalue weighted by molar-refractivity contribution is -0.677. The number of nitrogens with zero attached hydrogens (tertiary/aromatic N) is 5. The Morgan fingerprint density at radius 2 is 2.04 bits per heavy atom. The standard InChI is InChI=1S/C18H26N5O3/c1-4-26-10-9-21-16(24)14-15(20(3)18(21)25)19-17-22(14)11-12(2)23(17)13-7-5-6-8-13/h11,13-14H,4-10H2,1-3H3/q+1. The number of aryl methyl sites for hydroxylation is 1. The third kappa shape index (κ3) is 2.46. The van der Waals surface area contributed by atoms with Crippen LogP contribution in [0.1, 0.15) is 50.4 Å². The van der Waals surface area contributed by atoms with E-state index in [-0.39, 0.29) is 18.5 Å². The van der Waals surface area contributed by atoms with Crippen LogP contribution in [0, 0.1) is 6.92 Å². The van der Waals surface area contributed by atoms with E-state index in [2.05, 4.69) is 11.5 Å². The van der Waals surface area contributed by atoms with Crippen molar-refractivity contribution in [2.24, 2.45) is 4.99 Å². The molecule has 1 aromatic heterocycles. The van der Waals surface area contributed by atoms with Crippen LogP contribution >= 0.6 is 0 Å². The number of imidazole rings is 1. The molecule has 0 spiro atoms. The van der Waals surface area contributed by atoms with E-state index in [0.29, 0.717) is 25.1 Å². The molecule has 2 fully saturated rings. The Labute approximate surface area is 153 Å². The number of hydrogen-bond donors (Lipinski definition) is 0. The molecule has 3 heterocycles. The van der Waals surface area contributed by atoms with Crippen LogP contribution in [0.5, 0.6) is 0 Å². The van der Waals surface area contributed by atoms with Crippen molar-refractivity contribution in [1.29, 1.82) is 0 Å². The number of ether oxygens (including phenoxy) is 1. The number of rotatable bonds is 5. The molecule has 1 unspecified atom stereocenters. The minimum Gasteiger partial charge on any atom is -0.380 e. The summed E-state index contributed by atoms with van der Waals surface area (Å²) >= 11 is 0. The molecule has 0 aromatic carbocycles. The van der Waals surface area contributed by atoms with Gasteiger partial charge in [0.2, 0.25) is 11.9 Å². The van der Waals surface area contributed by atoms with Crippen molar-refractivity contribution in [1.82, 2.24) is 14.4 Å². The minimum absolute atomic E-state index is 0.223. The van der Waals surface area contributed by atoms with Crippen molar-refractivity contribution in [2.45, 2.75) is 51.6 Å². The fraction of sp³-hybridized carbons (Fsp3) is 0.667. The molecule has 0 radical (unpaired) electrons. The van der Waals surface area contributed by atoms with Gasteiger partial charge in [0.05, 0.1) is 19.2 Å². The summed E-state index contributed by atoms with van der Waals surface area (Å²) in [7, 11) is 1.69. The second kappa shape index (κ2) is 6.50. The number of urea groups is 1. The van der Waals surface area contributed by atoms with Crippen LogP contribution in [0.2, 0.25) is 0 Å². The number of amides is 3. The third-order valence-corrected chi connectivity index (χ3v) is 5.60. The molecule has 3 amide bonds. The van der Waals surface area contributed by atoms with E-state index in [1.54, 1.807) is 7.05 Å². The molecule has 26 heavy (non-hydrogen) atoms. The number of imide groups is 1. The molecule has 0 bridgehead atoms. The van der Waals surface area contributed by atoms with E-state index in [0.717, 1.165) is 24.5 Å². The van der Waals surface area contributed by atoms with Gasteiger partial charge in [-0.25, -0.2) is 13.9 Å². The number of aliphatic imine (C=N–C) groups is 1.